The summed E-state index contributed by atoms with van der Waals surface area (Å²) in [5.41, 5.74) is 0. The van der Waals surface area contributed by atoms with Gasteiger partial charge >= 0.3 is 5.97 Å². The monoisotopic (exact) mass is 331 g/mol. The lowest BCUT2D eigenvalue weighted by Gasteiger charge is -2.15. The smallest absolute Gasteiger partial charge is 0.321 e. The molecule has 0 amide bonds. The number of carboxylic acids is 1. The number of nitrogens with zero attached hydrogens (tertiary/aromatic N) is 2. The first-order valence-electron chi connectivity index (χ1n) is 7.16. The Hall–Kier alpha value is -1.45. The van der Waals surface area contributed by atoms with E-state index >= 15 is 0 Å². The minimum atomic E-state index is -3.91. The van der Waals surface area contributed by atoms with E-state index in [4.69, 9.17) is 9.84 Å². The van der Waals surface area contributed by atoms with Gasteiger partial charge in [-0.2, -0.15) is 9.82 Å². The third-order valence-corrected chi connectivity index (χ3v) is 4.90. The molecule has 0 radical (unpaired) electrons. The number of sulfonamides is 1. The fraction of sp³-hybridized carbons (Fsp3) is 0.692. The van der Waals surface area contributed by atoms with Crippen molar-refractivity contribution in [1.29, 1.82) is 0 Å². The second kappa shape index (κ2) is 6.76. The molecule has 0 aliphatic carbocycles. The Bertz CT molecular complexity index is 619. The molecule has 1 saturated heterocycles. The van der Waals surface area contributed by atoms with Crippen molar-refractivity contribution in [1.82, 2.24) is 14.5 Å². The van der Waals surface area contributed by atoms with E-state index < -0.39 is 22.0 Å². The highest BCUT2D eigenvalue weighted by Gasteiger charge is 2.28. The van der Waals surface area contributed by atoms with Crippen molar-refractivity contribution >= 4 is 16.0 Å². The molecule has 1 fully saturated rings. The molecular formula is C13H21N3O5S. The molecule has 1 aliphatic heterocycles. The molecule has 0 saturated carbocycles. The van der Waals surface area contributed by atoms with Gasteiger partial charge in [0.25, 0.3) is 0 Å². The van der Waals surface area contributed by atoms with Gasteiger partial charge in [-0.3, -0.25) is 9.48 Å². The fourth-order valence-electron chi connectivity index (χ4n) is 2.32. The zero-order chi connectivity index (χ0) is 16.3. The maximum absolute atomic E-state index is 12.3. The van der Waals surface area contributed by atoms with Crippen LogP contribution >= 0.6 is 0 Å². The number of rotatable bonds is 7. The summed E-state index contributed by atoms with van der Waals surface area (Å²) in [6, 6.07) is -1.13. The van der Waals surface area contributed by atoms with Crippen LogP contribution in [0.1, 0.15) is 32.7 Å². The van der Waals surface area contributed by atoms with E-state index in [1.54, 1.807) is 4.68 Å². The maximum Gasteiger partial charge on any atom is 0.321 e. The van der Waals surface area contributed by atoms with Crippen LogP contribution in [0.15, 0.2) is 17.3 Å². The molecule has 2 atom stereocenters. The normalized spacial score (nSPS) is 20.4. The van der Waals surface area contributed by atoms with Gasteiger partial charge in [0.2, 0.25) is 10.0 Å². The lowest BCUT2D eigenvalue weighted by Crippen LogP contribution is -2.41. The zero-order valence-corrected chi connectivity index (χ0v) is 13.4. The van der Waals surface area contributed by atoms with Crippen LogP contribution in [0.4, 0.5) is 0 Å². The quantitative estimate of drug-likeness (QED) is 0.758. The Morgan fingerprint density at radius 1 is 1.59 bits per heavy atom. The van der Waals surface area contributed by atoms with Crippen molar-refractivity contribution < 1.29 is 23.1 Å². The number of nitrogens with one attached hydrogen (secondary N) is 1. The van der Waals surface area contributed by atoms with Gasteiger partial charge in [-0.15, -0.1) is 0 Å². The third-order valence-electron chi connectivity index (χ3n) is 3.47. The van der Waals surface area contributed by atoms with Gasteiger partial charge in [0.15, 0.2) is 0 Å². The van der Waals surface area contributed by atoms with Crippen LogP contribution in [0, 0.1) is 5.92 Å². The molecular weight excluding hydrogens is 310 g/mol. The highest BCUT2D eigenvalue weighted by Crippen LogP contribution is 2.20. The molecule has 9 heteroatoms. The molecule has 0 aromatic carbocycles. The summed E-state index contributed by atoms with van der Waals surface area (Å²) in [5, 5.41) is 13.2. The number of ether oxygens (including phenoxy) is 1. The van der Waals surface area contributed by atoms with Gasteiger partial charge in [0, 0.05) is 12.8 Å². The molecule has 2 heterocycles. The Morgan fingerprint density at radius 3 is 2.86 bits per heavy atom. The van der Waals surface area contributed by atoms with E-state index in [0.29, 0.717) is 13.2 Å². The van der Waals surface area contributed by atoms with E-state index in [2.05, 4.69) is 9.82 Å². The van der Waals surface area contributed by atoms with Crippen molar-refractivity contribution in [3.63, 3.8) is 0 Å². The Labute approximate surface area is 129 Å². The van der Waals surface area contributed by atoms with Crippen LogP contribution in [0.5, 0.6) is 0 Å². The summed E-state index contributed by atoms with van der Waals surface area (Å²) in [6.07, 6.45) is 3.64. The highest BCUT2D eigenvalue weighted by atomic mass is 32.2. The number of carboxylic acid groups (broad SMARTS) is 1. The van der Waals surface area contributed by atoms with Crippen molar-refractivity contribution in [3.8, 4) is 0 Å². The molecule has 124 valence electrons. The summed E-state index contributed by atoms with van der Waals surface area (Å²) in [6.45, 7) is 4.80. The Balaban J connectivity index is 2.13. The summed E-state index contributed by atoms with van der Waals surface area (Å²) in [4.78, 5) is 11.2. The summed E-state index contributed by atoms with van der Waals surface area (Å²) >= 11 is 0. The first-order chi connectivity index (χ1) is 10.3. The van der Waals surface area contributed by atoms with Crippen molar-refractivity contribution in [2.24, 2.45) is 5.92 Å². The van der Waals surface area contributed by atoms with Crippen LogP contribution in [-0.4, -0.2) is 48.5 Å². The third kappa shape index (κ3) is 4.05. The summed E-state index contributed by atoms with van der Waals surface area (Å²) in [5.74, 6) is -1.13. The second-order valence-electron chi connectivity index (χ2n) is 5.82. The van der Waals surface area contributed by atoms with Crippen molar-refractivity contribution in [2.45, 2.75) is 43.7 Å². The topological polar surface area (TPSA) is 111 Å². The van der Waals surface area contributed by atoms with Gasteiger partial charge in [0.05, 0.1) is 18.8 Å². The molecule has 1 unspecified atom stereocenters. The number of aromatic nitrogens is 2. The average Bonchev–Trinajstić information content (AvgIpc) is 3.08. The molecule has 1 aromatic rings. The SMILES string of the molecule is CC(C)C[C@@H](NS(=O)(=O)c1cnn(C2CCOC2)c1)C(=O)O. The maximum atomic E-state index is 12.3. The molecule has 2 rings (SSSR count). The molecule has 1 aromatic heterocycles. The Morgan fingerprint density at radius 2 is 2.32 bits per heavy atom. The van der Waals surface area contributed by atoms with Crippen LogP contribution in [-0.2, 0) is 19.6 Å². The van der Waals surface area contributed by atoms with Crippen molar-refractivity contribution in [3.05, 3.63) is 12.4 Å². The molecule has 2 N–H and O–H groups in total. The fourth-order valence-corrected chi connectivity index (χ4v) is 3.46. The molecule has 0 spiro atoms. The second-order valence-corrected chi connectivity index (χ2v) is 7.53. The largest absolute Gasteiger partial charge is 0.480 e. The average molecular weight is 331 g/mol. The minimum absolute atomic E-state index is 0.0230. The van der Waals surface area contributed by atoms with Gasteiger partial charge in [-0.05, 0) is 18.8 Å². The summed E-state index contributed by atoms with van der Waals surface area (Å²) in [7, 11) is -3.91. The van der Waals surface area contributed by atoms with E-state index in [9.17, 15) is 13.2 Å². The van der Waals surface area contributed by atoms with Gasteiger partial charge in [-0.25, -0.2) is 8.42 Å². The highest BCUT2D eigenvalue weighted by molar-refractivity contribution is 7.89. The predicted octanol–water partition coefficient (Wildman–Crippen LogP) is 0.622. The lowest BCUT2D eigenvalue weighted by atomic mass is 10.1. The van der Waals surface area contributed by atoms with Crippen LogP contribution in [0.2, 0.25) is 0 Å². The number of aliphatic carboxylic acids is 1. The zero-order valence-electron chi connectivity index (χ0n) is 12.6. The molecule has 0 bridgehead atoms. The van der Waals surface area contributed by atoms with E-state index in [1.165, 1.54) is 12.4 Å². The molecule has 1 aliphatic rings. The van der Waals surface area contributed by atoms with E-state index in [0.717, 1.165) is 6.42 Å². The minimum Gasteiger partial charge on any atom is -0.480 e. The number of carbonyl (C=O) groups is 1. The first kappa shape index (κ1) is 16.9. The van der Waals surface area contributed by atoms with E-state index in [1.807, 2.05) is 13.8 Å². The van der Waals surface area contributed by atoms with Crippen LogP contribution < -0.4 is 4.72 Å². The predicted molar refractivity (Wildman–Crippen MR) is 77.9 cm³/mol. The summed E-state index contributed by atoms with van der Waals surface area (Å²) < 4.78 is 33.6. The van der Waals surface area contributed by atoms with Crippen LogP contribution in [0.25, 0.3) is 0 Å². The lowest BCUT2D eigenvalue weighted by molar-refractivity contribution is -0.139. The molecule has 8 nitrogen and oxygen atoms in total. The number of hydrogen-bond donors (Lipinski definition) is 2. The molecule has 22 heavy (non-hydrogen) atoms. The van der Waals surface area contributed by atoms with Crippen molar-refractivity contribution in [2.75, 3.05) is 13.2 Å². The standard InChI is InChI=1S/C13H21N3O5S/c1-9(2)5-12(13(17)18)15-22(19,20)11-6-14-16(7-11)10-3-4-21-8-10/h6-7,9-10,12,15H,3-5,8H2,1-2H3,(H,17,18)/t10?,12-/m1/s1. The first-order valence-corrected chi connectivity index (χ1v) is 8.65. The van der Waals surface area contributed by atoms with Gasteiger partial charge in [-0.1, -0.05) is 13.8 Å². The number of hydrogen-bond acceptors (Lipinski definition) is 5. The van der Waals surface area contributed by atoms with Gasteiger partial charge < -0.3 is 9.84 Å². The van der Waals surface area contributed by atoms with Crippen LogP contribution in [0.3, 0.4) is 0 Å². The van der Waals surface area contributed by atoms with Gasteiger partial charge in [0.1, 0.15) is 10.9 Å². The van der Waals surface area contributed by atoms with E-state index in [-0.39, 0.29) is 23.3 Å². The Kier molecular flexibility index (Phi) is 5.20.